The molecule has 10 nitrogen and oxygen atoms in total. The van der Waals surface area contributed by atoms with Gasteiger partial charge in [0.25, 0.3) is 23.6 Å². The number of amides is 4. The SMILES string of the molecule is CC(C)Nc1cc2c3c(cccc3c1)C(=O)N(CCN(C)C)C2=O.CC(C)Nc1cc2c3c(cccc3c1)C(=O)N(CCN(C)C)C2=O. The zero-order chi connectivity index (χ0) is 34.9. The van der Waals surface area contributed by atoms with Crippen molar-refractivity contribution >= 4 is 56.5 Å². The zero-order valence-corrected chi connectivity index (χ0v) is 29.2. The van der Waals surface area contributed by atoms with Crippen molar-refractivity contribution in [3.05, 3.63) is 82.9 Å². The summed E-state index contributed by atoms with van der Waals surface area (Å²) in [5.41, 5.74) is 4.22. The summed E-state index contributed by atoms with van der Waals surface area (Å²) in [6.07, 6.45) is 0. The maximum absolute atomic E-state index is 12.9. The number of carbonyl (C=O) groups excluding carboxylic acids is 4. The van der Waals surface area contributed by atoms with Crippen LogP contribution in [0.2, 0.25) is 0 Å². The maximum Gasteiger partial charge on any atom is 0.261 e. The predicted molar refractivity (Wildman–Crippen MR) is 193 cm³/mol. The standard InChI is InChI=1S/2C19H23N3O2/c2*1-12(2)20-14-10-13-6-5-7-15-17(13)16(11-14)19(24)22(18(15)23)9-8-21(3)4/h2*5-7,10-12,20H,8-9H2,1-4H3. The van der Waals surface area contributed by atoms with Gasteiger partial charge in [0.1, 0.15) is 0 Å². The van der Waals surface area contributed by atoms with Crippen LogP contribution in [0, 0.1) is 0 Å². The molecule has 0 fully saturated rings. The van der Waals surface area contributed by atoms with Crippen molar-refractivity contribution < 1.29 is 19.2 Å². The first kappa shape index (κ1) is 34.5. The van der Waals surface area contributed by atoms with Crippen molar-refractivity contribution in [1.82, 2.24) is 19.6 Å². The second-order valence-electron chi connectivity index (χ2n) is 13.6. The van der Waals surface area contributed by atoms with Gasteiger partial charge in [-0.25, -0.2) is 0 Å². The lowest BCUT2D eigenvalue weighted by molar-refractivity contribution is 0.0585. The van der Waals surface area contributed by atoms with Crippen LogP contribution >= 0.6 is 0 Å². The molecule has 0 aliphatic carbocycles. The Morgan fingerprint density at radius 1 is 0.542 bits per heavy atom. The second-order valence-corrected chi connectivity index (χ2v) is 13.6. The van der Waals surface area contributed by atoms with Gasteiger partial charge in [-0.2, -0.15) is 0 Å². The molecule has 2 aliphatic heterocycles. The molecule has 0 bridgehead atoms. The van der Waals surface area contributed by atoms with E-state index in [4.69, 9.17) is 0 Å². The monoisotopic (exact) mass is 650 g/mol. The van der Waals surface area contributed by atoms with Gasteiger partial charge in [0.2, 0.25) is 0 Å². The van der Waals surface area contributed by atoms with E-state index in [0.29, 0.717) is 48.4 Å². The number of imide groups is 2. The highest BCUT2D eigenvalue weighted by Crippen LogP contribution is 2.34. The van der Waals surface area contributed by atoms with Gasteiger partial charge >= 0.3 is 0 Å². The summed E-state index contributed by atoms with van der Waals surface area (Å²) in [6.45, 7) is 10.3. The topological polar surface area (TPSA) is 105 Å². The Kier molecular flexibility index (Phi) is 10.2. The highest BCUT2D eigenvalue weighted by molar-refractivity contribution is 6.27. The number of rotatable bonds is 10. The third-order valence-corrected chi connectivity index (χ3v) is 8.31. The Hall–Kier alpha value is -4.80. The molecule has 2 aliphatic rings. The second kappa shape index (κ2) is 14.1. The number of anilines is 2. The number of carbonyl (C=O) groups is 4. The molecule has 4 aromatic carbocycles. The molecule has 48 heavy (non-hydrogen) atoms. The minimum atomic E-state index is -0.210. The van der Waals surface area contributed by atoms with Crippen LogP contribution in [0.25, 0.3) is 21.5 Å². The fourth-order valence-electron chi connectivity index (χ4n) is 6.16. The predicted octanol–water partition coefficient (Wildman–Crippen LogP) is 5.64. The summed E-state index contributed by atoms with van der Waals surface area (Å²) in [7, 11) is 7.72. The van der Waals surface area contributed by atoms with E-state index in [0.717, 1.165) is 32.9 Å². The van der Waals surface area contributed by atoms with Gasteiger partial charge < -0.3 is 20.4 Å². The van der Waals surface area contributed by atoms with Gasteiger partial charge in [0.05, 0.1) is 11.1 Å². The van der Waals surface area contributed by atoms with Crippen LogP contribution in [-0.2, 0) is 0 Å². The third kappa shape index (κ3) is 7.05. The normalized spacial score (nSPS) is 14.2. The van der Waals surface area contributed by atoms with E-state index in [-0.39, 0.29) is 35.7 Å². The Bertz CT molecular complexity index is 1760. The quantitative estimate of drug-likeness (QED) is 0.213. The van der Waals surface area contributed by atoms with Crippen LogP contribution in [0.4, 0.5) is 11.4 Å². The van der Waals surface area contributed by atoms with Crippen LogP contribution in [0.3, 0.4) is 0 Å². The van der Waals surface area contributed by atoms with Gasteiger partial charge in [-0.15, -0.1) is 0 Å². The number of hydrogen-bond donors (Lipinski definition) is 2. The van der Waals surface area contributed by atoms with E-state index in [9.17, 15) is 19.2 Å². The number of nitrogens with zero attached hydrogens (tertiary/aromatic N) is 4. The zero-order valence-electron chi connectivity index (χ0n) is 29.2. The largest absolute Gasteiger partial charge is 0.383 e. The summed E-state index contributed by atoms with van der Waals surface area (Å²) in [4.78, 5) is 58.0. The van der Waals surface area contributed by atoms with Gasteiger partial charge in [0, 0.05) is 71.5 Å². The van der Waals surface area contributed by atoms with Crippen LogP contribution < -0.4 is 10.6 Å². The van der Waals surface area contributed by atoms with Crippen molar-refractivity contribution in [2.24, 2.45) is 0 Å². The van der Waals surface area contributed by atoms with E-state index in [1.165, 1.54) is 9.80 Å². The summed E-state index contributed by atoms with van der Waals surface area (Å²) in [5.74, 6) is -0.829. The van der Waals surface area contributed by atoms with Crippen molar-refractivity contribution in [3.63, 3.8) is 0 Å². The minimum Gasteiger partial charge on any atom is -0.383 e. The Morgan fingerprint density at radius 3 is 1.23 bits per heavy atom. The molecular formula is C38H46N6O4. The fourth-order valence-corrected chi connectivity index (χ4v) is 6.16. The maximum atomic E-state index is 12.9. The van der Waals surface area contributed by atoms with Crippen LogP contribution in [0.15, 0.2) is 60.7 Å². The highest BCUT2D eigenvalue weighted by atomic mass is 16.2. The van der Waals surface area contributed by atoms with Crippen molar-refractivity contribution in [2.75, 3.05) is 65.0 Å². The Labute approximate surface area is 282 Å². The molecule has 4 amide bonds. The van der Waals surface area contributed by atoms with E-state index >= 15 is 0 Å². The number of benzene rings is 4. The summed E-state index contributed by atoms with van der Waals surface area (Å²) in [5, 5.41) is 10.1. The van der Waals surface area contributed by atoms with E-state index in [1.54, 1.807) is 12.1 Å². The first-order valence-electron chi connectivity index (χ1n) is 16.4. The molecule has 252 valence electrons. The Balaban J connectivity index is 0.000000188. The first-order chi connectivity index (χ1) is 22.8. The fraction of sp³-hybridized carbons (Fsp3) is 0.368. The average molecular weight is 651 g/mol. The molecule has 0 aromatic heterocycles. The molecular weight excluding hydrogens is 604 g/mol. The summed E-state index contributed by atoms with van der Waals surface area (Å²) in [6, 6.07) is 19.5. The van der Waals surface area contributed by atoms with Crippen LogP contribution in [-0.4, -0.2) is 110 Å². The van der Waals surface area contributed by atoms with Gasteiger partial charge in [-0.05, 0) is 103 Å². The summed E-state index contributed by atoms with van der Waals surface area (Å²) < 4.78 is 0. The molecule has 0 atom stereocenters. The smallest absolute Gasteiger partial charge is 0.261 e. The van der Waals surface area contributed by atoms with E-state index in [2.05, 4.69) is 38.3 Å². The van der Waals surface area contributed by atoms with Gasteiger partial charge in [-0.3, -0.25) is 29.0 Å². The van der Waals surface area contributed by atoms with Gasteiger partial charge in [-0.1, -0.05) is 24.3 Å². The lowest BCUT2D eigenvalue weighted by Crippen LogP contribution is -2.43. The molecule has 2 heterocycles. The van der Waals surface area contributed by atoms with Crippen molar-refractivity contribution in [2.45, 2.75) is 39.8 Å². The molecule has 0 saturated carbocycles. The summed E-state index contributed by atoms with van der Waals surface area (Å²) >= 11 is 0. The number of hydrogen-bond acceptors (Lipinski definition) is 8. The Morgan fingerprint density at radius 2 is 0.896 bits per heavy atom. The van der Waals surface area contributed by atoms with E-state index < -0.39 is 0 Å². The number of likely N-dealkylation sites (N-methyl/N-ethyl adjacent to an activating group) is 2. The third-order valence-electron chi connectivity index (χ3n) is 8.31. The highest BCUT2D eigenvalue weighted by Gasteiger charge is 2.34. The van der Waals surface area contributed by atoms with Crippen LogP contribution in [0.1, 0.15) is 69.1 Å². The number of nitrogens with one attached hydrogen (secondary N) is 2. The van der Waals surface area contributed by atoms with Crippen molar-refractivity contribution in [3.8, 4) is 0 Å². The lowest BCUT2D eigenvalue weighted by atomic mass is 9.93. The molecule has 4 aromatic rings. The van der Waals surface area contributed by atoms with E-state index in [1.807, 2.05) is 86.5 Å². The molecule has 6 rings (SSSR count). The molecule has 0 saturated heterocycles. The molecule has 0 spiro atoms. The van der Waals surface area contributed by atoms with Crippen LogP contribution in [0.5, 0.6) is 0 Å². The minimum absolute atomic E-state index is 0.204. The molecule has 10 heteroatoms. The average Bonchev–Trinajstić information content (AvgIpc) is 3.01. The first-order valence-corrected chi connectivity index (χ1v) is 16.4. The van der Waals surface area contributed by atoms with Gasteiger partial charge in [0.15, 0.2) is 0 Å². The van der Waals surface area contributed by atoms with Crippen molar-refractivity contribution in [1.29, 1.82) is 0 Å². The molecule has 0 radical (unpaired) electrons. The molecule has 2 N–H and O–H groups in total. The lowest BCUT2D eigenvalue weighted by Gasteiger charge is -2.28. The molecule has 0 unspecified atom stereocenters.